The molecule has 4 aliphatic rings. The summed E-state index contributed by atoms with van der Waals surface area (Å²) in [6.07, 6.45) is 9.10. The second kappa shape index (κ2) is 5.27. The molecule has 2 N–H and O–H groups in total. The summed E-state index contributed by atoms with van der Waals surface area (Å²) >= 11 is 0. The maximum Gasteiger partial charge on any atom is 0.257 e. The molecular weight excluding hydrogens is 316 g/mol. The SMILES string of the molecule is CCc1ccnc2c(C(=O)NC3C4CC5CC3CC(O)(C5)C4)cnn12. The number of rotatable bonds is 3. The first-order valence-electron chi connectivity index (χ1n) is 9.41. The summed E-state index contributed by atoms with van der Waals surface area (Å²) in [5.74, 6) is 1.36. The molecule has 0 aliphatic heterocycles. The molecule has 2 atom stereocenters. The molecule has 2 unspecified atom stereocenters. The van der Waals surface area contributed by atoms with Gasteiger partial charge < -0.3 is 10.4 Å². The number of amides is 1. The van der Waals surface area contributed by atoms with E-state index in [1.807, 2.05) is 6.07 Å². The standard InChI is InChI=1S/C19H24N4O2/c1-2-14-3-4-20-17-15(10-21-23(14)17)18(24)22-16-12-5-11-6-13(16)9-19(25,7-11)8-12/h3-4,10-13,16,25H,2,5-9H2,1H3,(H,22,24). The first kappa shape index (κ1) is 15.3. The average Bonchev–Trinajstić information content (AvgIpc) is 3.00. The molecule has 1 amide bonds. The molecule has 0 aromatic carbocycles. The van der Waals surface area contributed by atoms with Crippen molar-refractivity contribution in [2.24, 2.45) is 17.8 Å². The molecule has 4 bridgehead atoms. The molecule has 4 saturated carbocycles. The Kier molecular flexibility index (Phi) is 3.23. The monoisotopic (exact) mass is 340 g/mol. The van der Waals surface area contributed by atoms with Crippen LogP contribution in [0.15, 0.2) is 18.5 Å². The van der Waals surface area contributed by atoms with Gasteiger partial charge in [-0.15, -0.1) is 0 Å². The summed E-state index contributed by atoms with van der Waals surface area (Å²) in [5.41, 5.74) is 1.74. The molecule has 6 heteroatoms. The zero-order chi connectivity index (χ0) is 17.2. The van der Waals surface area contributed by atoms with Gasteiger partial charge in [-0.05, 0) is 62.3 Å². The largest absolute Gasteiger partial charge is 0.390 e. The Balaban J connectivity index is 1.41. The van der Waals surface area contributed by atoms with Crippen LogP contribution in [0.3, 0.4) is 0 Å². The van der Waals surface area contributed by atoms with Crippen molar-refractivity contribution in [3.8, 4) is 0 Å². The zero-order valence-corrected chi connectivity index (χ0v) is 14.5. The van der Waals surface area contributed by atoms with Gasteiger partial charge >= 0.3 is 0 Å². The minimum atomic E-state index is -0.472. The topological polar surface area (TPSA) is 79.5 Å². The highest BCUT2D eigenvalue weighted by molar-refractivity contribution is 5.99. The Hall–Kier alpha value is -1.95. The summed E-state index contributed by atoms with van der Waals surface area (Å²) in [7, 11) is 0. The second-order valence-corrected chi connectivity index (χ2v) is 8.28. The molecule has 4 aliphatic carbocycles. The number of carbonyl (C=O) groups excluding carboxylic acids is 1. The van der Waals surface area contributed by atoms with Crippen LogP contribution in [-0.4, -0.2) is 37.3 Å². The van der Waals surface area contributed by atoms with E-state index in [0.717, 1.165) is 44.2 Å². The maximum absolute atomic E-state index is 12.9. The highest BCUT2D eigenvalue weighted by atomic mass is 16.3. The normalized spacial score (nSPS) is 36.1. The van der Waals surface area contributed by atoms with Crippen molar-refractivity contribution in [1.82, 2.24) is 19.9 Å². The Morgan fingerprint density at radius 3 is 2.80 bits per heavy atom. The van der Waals surface area contributed by atoms with Gasteiger partial charge in [0, 0.05) is 17.9 Å². The Morgan fingerprint density at radius 2 is 2.12 bits per heavy atom. The molecule has 132 valence electrons. The molecule has 0 saturated heterocycles. The summed E-state index contributed by atoms with van der Waals surface area (Å²) in [6.45, 7) is 2.06. The lowest BCUT2D eigenvalue weighted by Gasteiger charge is -2.58. The number of aromatic nitrogens is 3. The third-order valence-electron chi connectivity index (χ3n) is 6.63. The van der Waals surface area contributed by atoms with Gasteiger partial charge in [0.05, 0.1) is 11.8 Å². The van der Waals surface area contributed by atoms with Crippen molar-refractivity contribution in [2.75, 3.05) is 0 Å². The molecule has 4 fully saturated rings. The van der Waals surface area contributed by atoms with E-state index in [0.29, 0.717) is 29.0 Å². The van der Waals surface area contributed by atoms with Crippen LogP contribution in [0.2, 0.25) is 0 Å². The smallest absolute Gasteiger partial charge is 0.257 e. The average molecular weight is 340 g/mol. The van der Waals surface area contributed by atoms with Crippen molar-refractivity contribution in [3.05, 3.63) is 29.7 Å². The number of aryl methyl sites for hydroxylation is 1. The Bertz CT molecular complexity index is 829. The first-order chi connectivity index (χ1) is 12.1. The molecule has 2 heterocycles. The van der Waals surface area contributed by atoms with Gasteiger partial charge in [-0.1, -0.05) is 6.92 Å². The van der Waals surface area contributed by atoms with E-state index >= 15 is 0 Å². The van der Waals surface area contributed by atoms with E-state index in [1.165, 1.54) is 0 Å². The highest BCUT2D eigenvalue weighted by Crippen LogP contribution is 2.55. The van der Waals surface area contributed by atoms with Crippen molar-refractivity contribution in [2.45, 2.75) is 57.1 Å². The molecule has 0 radical (unpaired) electrons. The molecular formula is C19H24N4O2. The van der Waals surface area contributed by atoms with E-state index in [1.54, 1.807) is 16.9 Å². The van der Waals surface area contributed by atoms with E-state index in [4.69, 9.17) is 0 Å². The minimum Gasteiger partial charge on any atom is -0.390 e. The quantitative estimate of drug-likeness (QED) is 0.895. The number of aliphatic hydroxyl groups is 1. The second-order valence-electron chi connectivity index (χ2n) is 8.28. The third-order valence-corrected chi connectivity index (χ3v) is 6.63. The van der Waals surface area contributed by atoms with Crippen LogP contribution in [0.4, 0.5) is 0 Å². The number of fused-ring (bicyclic) bond motifs is 1. The van der Waals surface area contributed by atoms with Crippen LogP contribution in [0.5, 0.6) is 0 Å². The zero-order valence-electron chi connectivity index (χ0n) is 14.5. The number of nitrogens with one attached hydrogen (secondary N) is 1. The molecule has 2 aromatic rings. The summed E-state index contributed by atoms with van der Waals surface area (Å²) < 4.78 is 1.76. The molecule has 6 nitrogen and oxygen atoms in total. The maximum atomic E-state index is 12.9. The lowest BCUT2D eigenvalue weighted by atomic mass is 9.52. The lowest BCUT2D eigenvalue weighted by molar-refractivity contribution is -0.136. The van der Waals surface area contributed by atoms with Gasteiger partial charge in [-0.2, -0.15) is 5.10 Å². The fourth-order valence-corrected chi connectivity index (χ4v) is 5.81. The van der Waals surface area contributed by atoms with Crippen molar-refractivity contribution < 1.29 is 9.90 Å². The van der Waals surface area contributed by atoms with Crippen LogP contribution in [0.1, 0.15) is 55.1 Å². The fraction of sp³-hybridized carbons (Fsp3) is 0.632. The van der Waals surface area contributed by atoms with E-state index in [9.17, 15) is 9.90 Å². The van der Waals surface area contributed by atoms with Gasteiger partial charge in [-0.3, -0.25) is 4.79 Å². The highest BCUT2D eigenvalue weighted by Gasteiger charge is 2.55. The van der Waals surface area contributed by atoms with Crippen molar-refractivity contribution in [3.63, 3.8) is 0 Å². The third kappa shape index (κ3) is 2.30. The molecule has 0 spiro atoms. The number of nitrogens with zero attached hydrogens (tertiary/aromatic N) is 3. The summed E-state index contributed by atoms with van der Waals surface area (Å²) in [6, 6.07) is 2.11. The summed E-state index contributed by atoms with van der Waals surface area (Å²) in [5, 5.41) is 18.3. The van der Waals surface area contributed by atoms with Gasteiger partial charge in [0.2, 0.25) is 0 Å². The van der Waals surface area contributed by atoms with Gasteiger partial charge in [-0.25, -0.2) is 9.50 Å². The van der Waals surface area contributed by atoms with Gasteiger partial charge in [0.1, 0.15) is 5.56 Å². The minimum absolute atomic E-state index is 0.0831. The van der Waals surface area contributed by atoms with Crippen LogP contribution in [-0.2, 0) is 6.42 Å². The van der Waals surface area contributed by atoms with Crippen molar-refractivity contribution >= 4 is 11.6 Å². The molecule has 6 rings (SSSR count). The lowest BCUT2D eigenvalue weighted by Crippen LogP contribution is -2.61. The van der Waals surface area contributed by atoms with Gasteiger partial charge in [0.15, 0.2) is 5.65 Å². The summed E-state index contributed by atoms with van der Waals surface area (Å²) in [4.78, 5) is 17.3. The fourth-order valence-electron chi connectivity index (χ4n) is 5.81. The van der Waals surface area contributed by atoms with E-state index in [2.05, 4.69) is 22.3 Å². The number of hydrogen-bond donors (Lipinski definition) is 2. The van der Waals surface area contributed by atoms with Crippen LogP contribution < -0.4 is 5.32 Å². The van der Waals surface area contributed by atoms with E-state index < -0.39 is 5.60 Å². The van der Waals surface area contributed by atoms with E-state index in [-0.39, 0.29) is 11.9 Å². The van der Waals surface area contributed by atoms with Gasteiger partial charge in [0.25, 0.3) is 5.91 Å². The molecule has 2 aromatic heterocycles. The number of hydrogen-bond acceptors (Lipinski definition) is 4. The van der Waals surface area contributed by atoms with Crippen LogP contribution >= 0.6 is 0 Å². The van der Waals surface area contributed by atoms with Crippen LogP contribution in [0, 0.1) is 17.8 Å². The van der Waals surface area contributed by atoms with Crippen molar-refractivity contribution in [1.29, 1.82) is 0 Å². The predicted octanol–water partition coefficient (Wildman–Crippen LogP) is 1.96. The predicted molar refractivity (Wildman–Crippen MR) is 92.1 cm³/mol. The number of carbonyl (C=O) groups is 1. The Morgan fingerprint density at radius 1 is 1.36 bits per heavy atom. The Labute approximate surface area is 146 Å². The first-order valence-corrected chi connectivity index (χ1v) is 9.41. The molecule has 25 heavy (non-hydrogen) atoms. The van der Waals surface area contributed by atoms with Crippen LogP contribution in [0.25, 0.3) is 5.65 Å².